The number of aromatic nitrogens is 3. The standard InChI is InChI=1S/C13H14N4S/c1-9-3-4-11-12(7-9)18-13(16-11)14-8-10-5-6-15-17(10)2/h3-7H,8H2,1-2H3,(H,14,16). The summed E-state index contributed by atoms with van der Waals surface area (Å²) in [5, 5.41) is 8.44. The molecular weight excluding hydrogens is 244 g/mol. The van der Waals surface area contributed by atoms with Crippen LogP contribution in [0.1, 0.15) is 11.3 Å². The summed E-state index contributed by atoms with van der Waals surface area (Å²) in [6, 6.07) is 8.33. The molecule has 0 aliphatic carbocycles. The lowest BCUT2D eigenvalue weighted by Gasteiger charge is -2.02. The fourth-order valence-corrected chi connectivity index (χ4v) is 2.81. The summed E-state index contributed by atoms with van der Waals surface area (Å²) in [6.07, 6.45) is 1.80. The summed E-state index contributed by atoms with van der Waals surface area (Å²) >= 11 is 1.69. The zero-order valence-corrected chi connectivity index (χ0v) is 11.2. The summed E-state index contributed by atoms with van der Waals surface area (Å²) in [5.74, 6) is 0. The van der Waals surface area contributed by atoms with Crippen molar-refractivity contribution >= 4 is 26.7 Å². The average molecular weight is 258 g/mol. The monoisotopic (exact) mass is 258 g/mol. The Morgan fingerprint density at radius 1 is 1.33 bits per heavy atom. The summed E-state index contributed by atoms with van der Waals surface area (Å²) in [5.41, 5.74) is 3.47. The number of aryl methyl sites for hydroxylation is 2. The van der Waals surface area contributed by atoms with Gasteiger partial charge >= 0.3 is 0 Å². The lowest BCUT2D eigenvalue weighted by Crippen LogP contribution is -2.04. The highest BCUT2D eigenvalue weighted by Gasteiger charge is 2.04. The number of thiazole rings is 1. The first-order valence-electron chi connectivity index (χ1n) is 5.80. The molecule has 0 radical (unpaired) electrons. The van der Waals surface area contributed by atoms with E-state index in [2.05, 4.69) is 40.5 Å². The molecule has 3 rings (SSSR count). The Morgan fingerprint density at radius 3 is 3.00 bits per heavy atom. The maximum Gasteiger partial charge on any atom is 0.184 e. The zero-order chi connectivity index (χ0) is 12.5. The SMILES string of the molecule is Cc1ccc2nc(NCc3ccnn3C)sc2c1. The number of benzene rings is 1. The van der Waals surface area contributed by atoms with Gasteiger partial charge in [-0.1, -0.05) is 17.4 Å². The second-order valence-electron chi connectivity index (χ2n) is 4.29. The van der Waals surface area contributed by atoms with Crippen molar-refractivity contribution in [2.75, 3.05) is 5.32 Å². The van der Waals surface area contributed by atoms with Crippen molar-refractivity contribution in [2.45, 2.75) is 13.5 Å². The molecule has 18 heavy (non-hydrogen) atoms. The molecule has 3 aromatic rings. The Balaban J connectivity index is 1.81. The van der Waals surface area contributed by atoms with Crippen LogP contribution in [0.4, 0.5) is 5.13 Å². The lowest BCUT2D eigenvalue weighted by molar-refractivity contribution is 0.720. The second kappa shape index (κ2) is 4.42. The Bertz CT molecular complexity index is 683. The van der Waals surface area contributed by atoms with Gasteiger partial charge in [0.25, 0.3) is 0 Å². The highest BCUT2D eigenvalue weighted by Crippen LogP contribution is 2.26. The van der Waals surface area contributed by atoms with Crippen molar-refractivity contribution in [3.8, 4) is 0 Å². The molecule has 2 aromatic heterocycles. The summed E-state index contributed by atoms with van der Waals surface area (Å²) < 4.78 is 3.09. The average Bonchev–Trinajstić information content (AvgIpc) is 2.92. The third-order valence-corrected chi connectivity index (χ3v) is 3.86. The largest absolute Gasteiger partial charge is 0.356 e. The first-order valence-corrected chi connectivity index (χ1v) is 6.62. The van der Waals surface area contributed by atoms with E-state index in [0.29, 0.717) is 0 Å². The van der Waals surface area contributed by atoms with Gasteiger partial charge in [0, 0.05) is 13.2 Å². The maximum absolute atomic E-state index is 4.56. The van der Waals surface area contributed by atoms with Crippen LogP contribution in [0.25, 0.3) is 10.2 Å². The van der Waals surface area contributed by atoms with E-state index in [9.17, 15) is 0 Å². The minimum atomic E-state index is 0.745. The van der Waals surface area contributed by atoms with Crippen molar-refractivity contribution in [1.82, 2.24) is 14.8 Å². The quantitative estimate of drug-likeness (QED) is 0.785. The maximum atomic E-state index is 4.56. The number of nitrogens with zero attached hydrogens (tertiary/aromatic N) is 3. The molecule has 92 valence electrons. The molecule has 0 atom stereocenters. The first-order chi connectivity index (χ1) is 8.72. The zero-order valence-electron chi connectivity index (χ0n) is 10.3. The van der Waals surface area contributed by atoms with E-state index in [1.165, 1.54) is 10.3 Å². The van der Waals surface area contributed by atoms with Gasteiger partial charge < -0.3 is 5.32 Å². The van der Waals surface area contributed by atoms with Gasteiger partial charge in [-0.3, -0.25) is 4.68 Å². The van der Waals surface area contributed by atoms with Gasteiger partial charge in [0.1, 0.15) is 0 Å². The Morgan fingerprint density at radius 2 is 2.22 bits per heavy atom. The van der Waals surface area contributed by atoms with Crippen LogP contribution in [0.2, 0.25) is 0 Å². The van der Waals surface area contributed by atoms with Crippen molar-refractivity contribution in [3.63, 3.8) is 0 Å². The number of rotatable bonds is 3. The minimum Gasteiger partial charge on any atom is -0.356 e. The number of hydrogen-bond donors (Lipinski definition) is 1. The fourth-order valence-electron chi connectivity index (χ4n) is 1.85. The molecule has 0 bridgehead atoms. The molecule has 5 heteroatoms. The van der Waals surface area contributed by atoms with E-state index in [-0.39, 0.29) is 0 Å². The molecule has 0 amide bonds. The molecule has 0 fully saturated rings. The van der Waals surface area contributed by atoms with Gasteiger partial charge in [0.05, 0.1) is 22.5 Å². The lowest BCUT2D eigenvalue weighted by atomic mass is 10.2. The van der Waals surface area contributed by atoms with Gasteiger partial charge in [-0.2, -0.15) is 5.10 Å². The van der Waals surface area contributed by atoms with Gasteiger partial charge in [0.15, 0.2) is 5.13 Å². The minimum absolute atomic E-state index is 0.745. The van der Waals surface area contributed by atoms with Crippen molar-refractivity contribution in [3.05, 3.63) is 41.7 Å². The van der Waals surface area contributed by atoms with Crippen LogP contribution in [0.5, 0.6) is 0 Å². The van der Waals surface area contributed by atoms with Gasteiger partial charge in [-0.25, -0.2) is 4.98 Å². The second-order valence-corrected chi connectivity index (χ2v) is 5.32. The molecule has 4 nitrogen and oxygen atoms in total. The van der Waals surface area contributed by atoms with Crippen LogP contribution >= 0.6 is 11.3 Å². The molecule has 0 saturated carbocycles. The molecule has 1 aromatic carbocycles. The molecular formula is C13H14N4S. The third-order valence-electron chi connectivity index (χ3n) is 2.89. The fraction of sp³-hybridized carbons (Fsp3) is 0.231. The third kappa shape index (κ3) is 2.09. The predicted octanol–water partition coefficient (Wildman–Crippen LogP) is 2.95. The topological polar surface area (TPSA) is 42.7 Å². The summed E-state index contributed by atoms with van der Waals surface area (Å²) in [4.78, 5) is 4.56. The number of fused-ring (bicyclic) bond motifs is 1. The smallest absolute Gasteiger partial charge is 0.184 e. The summed E-state index contributed by atoms with van der Waals surface area (Å²) in [6.45, 7) is 2.84. The number of nitrogens with one attached hydrogen (secondary N) is 1. The molecule has 1 N–H and O–H groups in total. The Hall–Kier alpha value is -1.88. The van der Waals surface area contributed by atoms with E-state index in [0.717, 1.165) is 22.9 Å². The highest BCUT2D eigenvalue weighted by atomic mass is 32.1. The van der Waals surface area contributed by atoms with Crippen LogP contribution in [-0.4, -0.2) is 14.8 Å². The van der Waals surface area contributed by atoms with E-state index < -0.39 is 0 Å². The van der Waals surface area contributed by atoms with Crippen LogP contribution in [0.3, 0.4) is 0 Å². The Kier molecular flexibility index (Phi) is 2.76. The van der Waals surface area contributed by atoms with E-state index in [1.807, 2.05) is 17.8 Å². The summed E-state index contributed by atoms with van der Waals surface area (Å²) in [7, 11) is 1.94. The van der Waals surface area contributed by atoms with Crippen LogP contribution in [-0.2, 0) is 13.6 Å². The first kappa shape index (κ1) is 11.2. The Labute approximate surface area is 109 Å². The predicted molar refractivity (Wildman–Crippen MR) is 74.9 cm³/mol. The molecule has 0 saturated heterocycles. The molecule has 0 aliphatic heterocycles. The van der Waals surface area contributed by atoms with Crippen molar-refractivity contribution < 1.29 is 0 Å². The van der Waals surface area contributed by atoms with Crippen LogP contribution in [0, 0.1) is 6.92 Å². The van der Waals surface area contributed by atoms with Crippen LogP contribution in [0.15, 0.2) is 30.5 Å². The van der Waals surface area contributed by atoms with Gasteiger partial charge in [0.2, 0.25) is 0 Å². The van der Waals surface area contributed by atoms with E-state index in [1.54, 1.807) is 17.5 Å². The molecule has 0 unspecified atom stereocenters. The molecule has 2 heterocycles. The van der Waals surface area contributed by atoms with E-state index in [4.69, 9.17) is 0 Å². The van der Waals surface area contributed by atoms with Crippen LogP contribution < -0.4 is 5.32 Å². The van der Waals surface area contributed by atoms with E-state index >= 15 is 0 Å². The molecule has 0 aliphatic rings. The molecule has 0 spiro atoms. The van der Waals surface area contributed by atoms with Crippen molar-refractivity contribution in [2.24, 2.45) is 7.05 Å². The number of hydrogen-bond acceptors (Lipinski definition) is 4. The van der Waals surface area contributed by atoms with Gasteiger partial charge in [-0.05, 0) is 30.7 Å². The number of anilines is 1. The normalized spacial score (nSPS) is 11.0. The van der Waals surface area contributed by atoms with Gasteiger partial charge in [-0.15, -0.1) is 0 Å². The van der Waals surface area contributed by atoms with Crippen molar-refractivity contribution in [1.29, 1.82) is 0 Å². The highest BCUT2D eigenvalue weighted by molar-refractivity contribution is 7.22.